The summed E-state index contributed by atoms with van der Waals surface area (Å²) < 4.78 is 3.10. The van der Waals surface area contributed by atoms with Crippen molar-refractivity contribution in [2.75, 3.05) is 19.4 Å². The van der Waals surface area contributed by atoms with E-state index in [2.05, 4.69) is 47.7 Å². The van der Waals surface area contributed by atoms with Crippen molar-refractivity contribution in [3.63, 3.8) is 0 Å². The Morgan fingerprint density at radius 3 is 2.83 bits per heavy atom. The van der Waals surface area contributed by atoms with Gasteiger partial charge in [0.25, 0.3) is 0 Å². The summed E-state index contributed by atoms with van der Waals surface area (Å²) in [6, 6.07) is 10.1. The molecule has 0 atom stereocenters. The zero-order valence-corrected chi connectivity index (χ0v) is 15.4. The molecule has 0 radical (unpaired) electrons. The highest BCUT2D eigenvalue weighted by atomic mass is 79.9. The van der Waals surface area contributed by atoms with Crippen molar-refractivity contribution in [2.45, 2.75) is 13.1 Å². The molecular formula is C17H18BrClN4. The fourth-order valence-electron chi connectivity index (χ4n) is 2.46. The van der Waals surface area contributed by atoms with Crippen molar-refractivity contribution in [1.82, 2.24) is 14.3 Å². The molecule has 3 aromatic rings. The molecule has 0 saturated heterocycles. The van der Waals surface area contributed by atoms with E-state index in [4.69, 9.17) is 11.6 Å². The van der Waals surface area contributed by atoms with Crippen molar-refractivity contribution in [1.29, 1.82) is 0 Å². The van der Waals surface area contributed by atoms with E-state index >= 15 is 0 Å². The fraction of sp³-hybridized carbons (Fsp3) is 0.235. The van der Waals surface area contributed by atoms with Crippen LogP contribution in [0.15, 0.2) is 47.2 Å². The molecule has 3 rings (SSSR count). The van der Waals surface area contributed by atoms with Gasteiger partial charge in [0.1, 0.15) is 5.65 Å². The van der Waals surface area contributed by atoms with Crippen molar-refractivity contribution < 1.29 is 0 Å². The van der Waals surface area contributed by atoms with Gasteiger partial charge in [-0.05, 0) is 43.9 Å². The summed E-state index contributed by atoms with van der Waals surface area (Å²) in [6.45, 7) is 1.52. The highest BCUT2D eigenvalue weighted by Crippen LogP contribution is 2.22. The van der Waals surface area contributed by atoms with Crippen molar-refractivity contribution in [2.24, 2.45) is 0 Å². The smallest absolute Gasteiger partial charge is 0.138 e. The first kappa shape index (κ1) is 16.3. The SMILES string of the molecule is CN(C)Cc1ccc(NCc2cnc3cc(Br)ccn23)cc1Cl. The van der Waals surface area contributed by atoms with Crippen LogP contribution in [-0.2, 0) is 13.1 Å². The molecule has 23 heavy (non-hydrogen) atoms. The quantitative estimate of drug-likeness (QED) is 0.696. The Morgan fingerprint density at radius 2 is 2.09 bits per heavy atom. The van der Waals surface area contributed by atoms with Gasteiger partial charge in [-0.15, -0.1) is 0 Å². The first-order chi connectivity index (χ1) is 11.0. The summed E-state index contributed by atoms with van der Waals surface area (Å²) >= 11 is 9.82. The standard InChI is InChI=1S/C17H18BrClN4/c1-22(2)11-12-3-4-14(8-16(12)19)20-9-15-10-21-17-7-13(18)5-6-23(15)17/h3-8,10,20H,9,11H2,1-2H3. The van der Waals surface area contributed by atoms with Gasteiger partial charge in [0, 0.05) is 27.9 Å². The van der Waals surface area contributed by atoms with Gasteiger partial charge in [-0.2, -0.15) is 0 Å². The fourth-order valence-corrected chi connectivity index (χ4v) is 3.02. The number of hydrogen-bond acceptors (Lipinski definition) is 3. The summed E-state index contributed by atoms with van der Waals surface area (Å²) in [7, 11) is 4.07. The predicted octanol–water partition coefficient (Wildman–Crippen LogP) is 4.42. The third kappa shape index (κ3) is 3.86. The van der Waals surface area contributed by atoms with E-state index in [1.54, 1.807) is 0 Å². The maximum absolute atomic E-state index is 6.36. The molecule has 0 aliphatic carbocycles. The summed E-state index contributed by atoms with van der Waals surface area (Å²) in [6.07, 6.45) is 3.90. The summed E-state index contributed by atoms with van der Waals surface area (Å²) in [5.41, 5.74) is 4.16. The normalized spacial score (nSPS) is 11.3. The van der Waals surface area contributed by atoms with Crippen molar-refractivity contribution in [3.05, 3.63) is 63.5 Å². The number of anilines is 1. The minimum Gasteiger partial charge on any atom is -0.379 e. The highest BCUT2D eigenvalue weighted by Gasteiger charge is 2.06. The van der Waals surface area contributed by atoms with Gasteiger partial charge in [0.15, 0.2) is 0 Å². The number of imidazole rings is 1. The van der Waals surface area contributed by atoms with Crippen LogP contribution in [0.1, 0.15) is 11.3 Å². The van der Waals surface area contributed by atoms with E-state index in [1.165, 1.54) is 0 Å². The van der Waals surface area contributed by atoms with E-state index in [1.807, 2.05) is 44.7 Å². The molecule has 2 heterocycles. The monoisotopic (exact) mass is 392 g/mol. The Balaban J connectivity index is 1.73. The number of halogens is 2. The highest BCUT2D eigenvalue weighted by molar-refractivity contribution is 9.10. The number of benzene rings is 1. The Kier molecular flexibility index (Phi) is 4.90. The molecular weight excluding hydrogens is 376 g/mol. The summed E-state index contributed by atoms with van der Waals surface area (Å²) in [4.78, 5) is 6.52. The molecule has 0 aliphatic heterocycles. The van der Waals surface area contributed by atoms with Crippen LogP contribution in [0.5, 0.6) is 0 Å². The van der Waals surface area contributed by atoms with Gasteiger partial charge in [-0.3, -0.25) is 0 Å². The Morgan fingerprint density at radius 1 is 1.26 bits per heavy atom. The second kappa shape index (κ2) is 6.91. The minimum absolute atomic E-state index is 0.687. The predicted molar refractivity (Wildman–Crippen MR) is 99.1 cm³/mol. The molecule has 2 aromatic heterocycles. The lowest BCUT2D eigenvalue weighted by molar-refractivity contribution is 0.402. The number of rotatable bonds is 5. The largest absolute Gasteiger partial charge is 0.379 e. The first-order valence-corrected chi connectivity index (χ1v) is 8.48. The third-order valence-electron chi connectivity index (χ3n) is 3.57. The Bertz CT molecular complexity index is 829. The Hall–Kier alpha value is -1.56. The average Bonchev–Trinajstić information content (AvgIpc) is 2.89. The van der Waals surface area contributed by atoms with E-state index in [0.29, 0.717) is 6.54 Å². The molecule has 1 aromatic carbocycles. The topological polar surface area (TPSA) is 32.6 Å². The number of fused-ring (bicyclic) bond motifs is 1. The second-order valence-corrected chi connectivity index (χ2v) is 7.04. The van der Waals surface area contributed by atoms with E-state index in [-0.39, 0.29) is 0 Å². The van der Waals surface area contributed by atoms with Crippen LogP contribution in [-0.4, -0.2) is 28.4 Å². The number of pyridine rings is 1. The first-order valence-electron chi connectivity index (χ1n) is 7.31. The van der Waals surface area contributed by atoms with Gasteiger partial charge in [0.05, 0.1) is 18.4 Å². The van der Waals surface area contributed by atoms with Crippen LogP contribution in [0.4, 0.5) is 5.69 Å². The second-order valence-electron chi connectivity index (χ2n) is 5.72. The molecule has 6 heteroatoms. The number of hydrogen-bond donors (Lipinski definition) is 1. The van der Waals surface area contributed by atoms with Crippen LogP contribution in [0, 0.1) is 0 Å². The molecule has 4 nitrogen and oxygen atoms in total. The lowest BCUT2D eigenvalue weighted by Crippen LogP contribution is -2.11. The molecule has 0 amide bonds. The van der Waals surface area contributed by atoms with Crippen molar-refractivity contribution in [3.8, 4) is 0 Å². The average molecular weight is 394 g/mol. The van der Waals surface area contributed by atoms with Crippen molar-refractivity contribution >= 4 is 38.9 Å². The van der Waals surface area contributed by atoms with Gasteiger partial charge >= 0.3 is 0 Å². The molecule has 0 spiro atoms. The molecule has 120 valence electrons. The maximum atomic E-state index is 6.36. The molecule has 0 aliphatic rings. The number of nitrogens with one attached hydrogen (secondary N) is 1. The molecule has 0 fully saturated rings. The Labute approximate surface area is 149 Å². The molecule has 0 saturated carbocycles. The lowest BCUT2D eigenvalue weighted by Gasteiger charge is -2.13. The molecule has 1 N–H and O–H groups in total. The van der Waals surface area contributed by atoms with Gasteiger partial charge < -0.3 is 14.6 Å². The summed E-state index contributed by atoms with van der Waals surface area (Å²) in [5, 5.41) is 4.19. The van der Waals surface area contributed by atoms with Crippen LogP contribution in [0.3, 0.4) is 0 Å². The zero-order valence-electron chi connectivity index (χ0n) is 13.1. The minimum atomic E-state index is 0.687. The molecule has 0 unspecified atom stereocenters. The van der Waals surface area contributed by atoms with Crippen LogP contribution >= 0.6 is 27.5 Å². The van der Waals surface area contributed by atoms with Gasteiger partial charge in [-0.1, -0.05) is 33.6 Å². The van der Waals surface area contributed by atoms with E-state index in [9.17, 15) is 0 Å². The van der Waals surface area contributed by atoms with E-state index < -0.39 is 0 Å². The lowest BCUT2D eigenvalue weighted by atomic mass is 10.2. The third-order valence-corrected chi connectivity index (χ3v) is 4.41. The van der Waals surface area contributed by atoms with Crippen LogP contribution < -0.4 is 5.32 Å². The van der Waals surface area contributed by atoms with Crippen LogP contribution in [0.25, 0.3) is 5.65 Å². The zero-order chi connectivity index (χ0) is 16.4. The number of aromatic nitrogens is 2. The van der Waals surface area contributed by atoms with Gasteiger partial charge in [0.2, 0.25) is 0 Å². The maximum Gasteiger partial charge on any atom is 0.138 e. The molecule has 0 bridgehead atoms. The van der Waals surface area contributed by atoms with E-state index in [0.717, 1.165) is 38.6 Å². The van der Waals surface area contributed by atoms with Gasteiger partial charge in [-0.25, -0.2) is 4.98 Å². The summed E-state index contributed by atoms with van der Waals surface area (Å²) in [5.74, 6) is 0. The van der Waals surface area contributed by atoms with Crippen LogP contribution in [0.2, 0.25) is 5.02 Å². The number of nitrogens with zero attached hydrogens (tertiary/aromatic N) is 3.